The van der Waals surface area contributed by atoms with Gasteiger partial charge in [-0.1, -0.05) is 39.0 Å². The Kier molecular flexibility index (Phi) is 9.35. The average Bonchev–Trinajstić information content (AvgIpc) is 2.97. The zero-order valence-corrected chi connectivity index (χ0v) is 20.3. The molecule has 1 aliphatic heterocycles. The summed E-state index contributed by atoms with van der Waals surface area (Å²) in [5.41, 5.74) is 2.85. The van der Waals surface area contributed by atoms with Gasteiger partial charge in [-0.3, -0.25) is 9.69 Å². The van der Waals surface area contributed by atoms with Gasteiger partial charge in [-0.15, -0.1) is 0 Å². The van der Waals surface area contributed by atoms with Crippen LogP contribution in [-0.2, 0) is 22.4 Å². The van der Waals surface area contributed by atoms with E-state index in [1.54, 1.807) is 0 Å². The molecule has 1 aliphatic rings. The van der Waals surface area contributed by atoms with Gasteiger partial charge in [0, 0.05) is 24.8 Å². The molecule has 1 atom stereocenters. The number of ether oxygens (including phenoxy) is 1. The normalized spacial score (nSPS) is 17.4. The Hall–Kier alpha value is -2.08. The summed E-state index contributed by atoms with van der Waals surface area (Å²) in [7, 11) is 0. The van der Waals surface area contributed by atoms with Gasteiger partial charge in [-0.25, -0.2) is 4.79 Å². The van der Waals surface area contributed by atoms with Crippen LogP contribution in [0.5, 0.6) is 0 Å². The Labute approximate surface area is 188 Å². The van der Waals surface area contributed by atoms with Crippen LogP contribution in [0.3, 0.4) is 0 Å². The lowest BCUT2D eigenvalue weighted by atomic mass is 10.0. The van der Waals surface area contributed by atoms with Crippen molar-refractivity contribution in [3.63, 3.8) is 0 Å². The molecule has 0 saturated carbocycles. The number of rotatable bonds is 7. The minimum atomic E-state index is -0.484. The molecule has 1 aromatic carbocycles. The molecule has 0 radical (unpaired) electrons. The third kappa shape index (κ3) is 7.53. The van der Waals surface area contributed by atoms with Crippen molar-refractivity contribution in [2.24, 2.45) is 0 Å². The van der Waals surface area contributed by atoms with E-state index in [1.807, 2.05) is 25.7 Å². The molecule has 31 heavy (non-hydrogen) atoms. The number of carbonyl (C=O) groups excluding carboxylic acids is 2. The third-order valence-electron chi connectivity index (χ3n) is 5.88. The first kappa shape index (κ1) is 25.2. The van der Waals surface area contributed by atoms with Crippen LogP contribution in [0.4, 0.5) is 10.5 Å². The van der Waals surface area contributed by atoms with Crippen molar-refractivity contribution < 1.29 is 14.3 Å². The fourth-order valence-corrected chi connectivity index (χ4v) is 4.22. The highest BCUT2D eigenvalue weighted by atomic mass is 16.6. The van der Waals surface area contributed by atoms with Crippen molar-refractivity contribution in [3.05, 3.63) is 29.3 Å². The minimum absolute atomic E-state index is 0.0331. The Bertz CT molecular complexity index is 720. The van der Waals surface area contributed by atoms with Crippen LogP contribution < -0.4 is 5.32 Å². The van der Waals surface area contributed by atoms with Gasteiger partial charge in [-0.05, 0) is 70.5 Å². The topological polar surface area (TPSA) is 61.9 Å². The Balaban J connectivity index is 1.99. The fourth-order valence-electron chi connectivity index (χ4n) is 4.22. The molecule has 2 rings (SSSR count). The molecule has 0 aliphatic carbocycles. The van der Waals surface area contributed by atoms with E-state index in [0.29, 0.717) is 19.6 Å². The molecule has 6 heteroatoms. The van der Waals surface area contributed by atoms with Crippen molar-refractivity contribution in [1.29, 1.82) is 0 Å². The number of nitrogens with one attached hydrogen (secondary N) is 1. The molecule has 0 bridgehead atoms. The molecule has 6 nitrogen and oxygen atoms in total. The number of para-hydroxylation sites is 1. The molecular weight excluding hydrogens is 390 g/mol. The molecule has 0 spiro atoms. The van der Waals surface area contributed by atoms with E-state index in [4.69, 9.17) is 4.74 Å². The van der Waals surface area contributed by atoms with Gasteiger partial charge in [0.1, 0.15) is 5.60 Å². The minimum Gasteiger partial charge on any atom is -0.444 e. The van der Waals surface area contributed by atoms with E-state index >= 15 is 0 Å². The number of nitrogens with zero attached hydrogens (tertiary/aromatic N) is 2. The molecular formula is C25H41N3O3. The molecule has 1 heterocycles. The number of amides is 2. The molecule has 174 valence electrons. The summed E-state index contributed by atoms with van der Waals surface area (Å²) < 4.78 is 5.54. The first-order valence-electron chi connectivity index (χ1n) is 11.8. The summed E-state index contributed by atoms with van der Waals surface area (Å²) in [6.45, 7) is 14.6. The quantitative estimate of drug-likeness (QED) is 0.670. The lowest BCUT2D eigenvalue weighted by Crippen LogP contribution is -2.42. The summed E-state index contributed by atoms with van der Waals surface area (Å²) in [5, 5.41) is 3.19. The Morgan fingerprint density at radius 1 is 1.10 bits per heavy atom. The van der Waals surface area contributed by atoms with Gasteiger partial charge in [0.25, 0.3) is 0 Å². The van der Waals surface area contributed by atoms with Crippen molar-refractivity contribution in [2.45, 2.75) is 85.3 Å². The van der Waals surface area contributed by atoms with E-state index in [-0.39, 0.29) is 18.0 Å². The summed E-state index contributed by atoms with van der Waals surface area (Å²) >= 11 is 0. The summed E-state index contributed by atoms with van der Waals surface area (Å²) in [6.07, 6.45) is 4.30. The van der Waals surface area contributed by atoms with Gasteiger partial charge < -0.3 is 15.0 Å². The zero-order chi connectivity index (χ0) is 23.0. The predicted octanol–water partition coefficient (Wildman–Crippen LogP) is 4.86. The average molecular weight is 432 g/mol. The highest BCUT2D eigenvalue weighted by Gasteiger charge is 2.28. The van der Waals surface area contributed by atoms with Crippen molar-refractivity contribution in [3.8, 4) is 0 Å². The van der Waals surface area contributed by atoms with Gasteiger partial charge >= 0.3 is 6.09 Å². The van der Waals surface area contributed by atoms with Crippen LogP contribution in [0.25, 0.3) is 0 Å². The van der Waals surface area contributed by atoms with E-state index < -0.39 is 5.60 Å². The number of likely N-dealkylation sites (tertiary alicyclic amines) is 1. The molecule has 0 aromatic heterocycles. The number of hydrogen-bond acceptors (Lipinski definition) is 4. The highest BCUT2D eigenvalue weighted by Crippen LogP contribution is 2.23. The SMILES string of the molecule is CCc1cccc(CC)c1NC(=O)CN(CC)[C@H]1CCCN(C(=O)OC(C)(C)C)CC1. The fraction of sp³-hybridized carbons (Fsp3) is 0.680. The number of aryl methyl sites for hydroxylation is 2. The van der Waals surface area contributed by atoms with E-state index in [9.17, 15) is 9.59 Å². The van der Waals surface area contributed by atoms with Crippen LogP contribution in [0.1, 0.15) is 71.9 Å². The summed E-state index contributed by atoms with van der Waals surface area (Å²) in [4.78, 5) is 29.4. The Morgan fingerprint density at radius 2 is 1.74 bits per heavy atom. The maximum Gasteiger partial charge on any atom is 0.410 e. The van der Waals surface area contributed by atoms with Gasteiger partial charge in [0.15, 0.2) is 0 Å². The number of anilines is 1. The molecule has 0 unspecified atom stereocenters. The number of benzene rings is 1. The first-order chi connectivity index (χ1) is 14.7. The predicted molar refractivity (Wildman–Crippen MR) is 127 cm³/mol. The highest BCUT2D eigenvalue weighted by molar-refractivity contribution is 5.93. The van der Waals surface area contributed by atoms with E-state index in [0.717, 1.165) is 44.3 Å². The third-order valence-corrected chi connectivity index (χ3v) is 5.88. The maximum atomic E-state index is 12.9. The van der Waals surface area contributed by atoms with Crippen molar-refractivity contribution in [1.82, 2.24) is 9.80 Å². The molecule has 2 amide bonds. The van der Waals surface area contributed by atoms with Crippen LogP contribution in [-0.4, -0.2) is 59.6 Å². The lowest BCUT2D eigenvalue weighted by molar-refractivity contribution is -0.117. The second kappa shape index (κ2) is 11.5. The number of likely N-dealkylation sites (N-methyl/N-ethyl adjacent to an activating group) is 1. The van der Waals surface area contributed by atoms with Gasteiger partial charge in [-0.2, -0.15) is 0 Å². The summed E-state index contributed by atoms with van der Waals surface area (Å²) in [5.74, 6) is 0.0331. The van der Waals surface area contributed by atoms with Crippen molar-refractivity contribution in [2.75, 3.05) is 31.5 Å². The van der Waals surface area contributed by atoms with Crippen LogP contribution in [0.2, 0.25) is 0 Å². The maximum absolute atomic E-state index is 12.9. The summed E-state index contributed by atoms with van der Waals surface area (Å²) in [6, 6.07) is 6.52. The smallest absolute Gasteiger partial charge is 0.410 e. The van der Waals surface area contributed by atoms with Crippen LogP contribution >= 0.6 is 0 Å². The number of carbonyl (C=O) groups is 2. The lowest BCUT2D eigenvalue weighted by Gasteiger charge is -2.30. The molecule has 1 saturated heterocycles. The second-order valence-corrected chi connectivity index (χ2v) is 9.32. The van der Waals surface area contributed by atoms with Crippen LogP contribution in [0, 0.1) is 0 Å². The largest absolute Gasteiger partial charge is 0.444 e. The second-order valence-electron chi connectivity index (χ2n) is 9.32. The molecule has 1 N–H and O–H groups in total. The van der Waals surface area contributed by atoms with E-state index in [1.165, 1.54) is 11.1 Å². The van der Waals surface area contributed by atoms with E-state index in [2.05, 4.69) is 49.2 Å². The molecule has 1 fully saturated rings. The molecule has 1 aromatic rings. The van der Waals surface area contributed by atoms with Crippen molar-refractivity contribution >= 4 is 17.7 Å². The van der Waals surface area contributed by atoms with Crippen LogP contribution in [0.15, 0.2) is 18.2 Å². The standard InChI is InChI=1S/C25H41N3O3/c1-7-19-12-10-13-20(8-2)23(19)26-22(29)18-27(9-3)21-14-11-16-28(17-15-21)24(30)31-25(4,5)6/h10,12-13,21H,7-9,11,14-18H2,1-6H3,(H,26,29)/t21-/m0/s1. The van der Waals surface area contributed by atoms with Gasteiger partial charge in [0.05, 0.1) is 6.54 Å². The zero-order valence-electron chi connectivity index (χ0n) is 20.3. The number of hydrogen-bond donors (Lipinski definition) is 1. The van der Waals surface area contributed by atoms with Gasteiger partial charge in [0.2, 0.25) is 5.91 Å². The Morgan fingerprint density at radius 3 is 2.29 bits per heavy atom. The first-order valence-corrected chi connectivity index (χ1v) is 11.8. The monoisotopic (exact) mass is 431 g/mol.